The van der Waals surface area contributed by atoms with Gasteiger partial charge in [0.15, 0.2) is 0 Å². The Kier molecular flexibility index (Phi) is 8.02. The maximum atomic E-state index is 5.55. The molecule has 0 unspecified atom stereocenters. The zero-order valence-electron chi connectivity index (χ0n) is 12.1. The molecule has 0 aliphatic rings. The average Bonchev–Trinajstić information content (AvgIpc) is 2.46. The van der Waals surface area contributed by atoms with Crippen LogP contribution in [0.1, 0.15) is 20.3 Å². The fraction of sp³-hybridized carbons (Fsp3) is 0.600. The quantitative estimate of drug-likeness (QED) is 0.661. The minimum Gasteiger partial charge on any atom is -0.497 e. The summed E-state index contributed by atoms with van der Waals surface area (Å²) < 4.78 is 16.1. The molecule has 0 aliphatic heterocycles. The van der Waals surface area contributed by atoms with Crippen molar-refractivity contribution in [2.24, 2.45) is 0 Å². The van der Waals surface area contributed by atoms with Gasteiger partial charge in [0, 0.05) is 12.6 Å². The van der Waals surface area contributed by atoms with Crippen LogP contribution in [0, 0.1) is 0 Å². The van der Waals surface area contributed by atoms with Gasteiger partial charge in [0.05, 0.1) is 20.3 Å². The molecule has 0 saturated heterocycles. The van der Waals surface area contributed by atoms with Crippen molar-refractivity contribution < 1.29 is 14.2 Å². The van der Waals surface area contributed by atoms with Crippen molar-refractivity contribution in [1.82, 2.24) is 5.32 Å². The Bertz CT molecular complexity index is 327. The monoisotopic (exact) mass is 267 g/mol. The summed E-state index contributed by atoms with van der Waals surface area (Å²) >= 11 is 0. The number of hydrogen-bond donors (Lipinski definition) is 1. The van der Waals surface area contributed by atoms with E-state index in [-0.39, 0.29) is 0 Å². The van der Waals surface area contributed by atoms with Crippen molar-refractivity contribution in [2.75, 3.05) is 33.5 Å². The summed E-state index contributed by atoms with van der Waals surface area (Å²) in [5.74, 6) is 1.67. The first kappa shape index (κ1) is 15.8. The topological polar surface area (TPSA) is 39.7 Å². The highest BCUT2D eigenvalue weighted by Crippen LogP contribution is 2.16. The molecular formula is C15H25NO3. The lowest BCUT2D eigenvalue weighted by Gasteiger charge is -2.11. The average molecular weight is 267 g/mol. The molecule has 0 saturated carbocycles. The van der Waals surface area contributed by atoms with Crippen molar-refractivity contribution in [3.8, 4) is 11.5 Å². The molecule has 4 nitrogen and oxygen atoms in total. The molecule has 0 radical (unpaired) electrons. The fourth-order valence-corrected chi connectivity index (χ4v) is 1.51. The van der Waals surface area contributed by atoms with Gasteiger partial charge in [0.2, 0.25) is 0 Å². The number of hydrogen-bond acceptors (Lipinski definition) is 4. The van der Waals surface area contributed by atoms with E-state index in [4.69, 9.17) is 14.2 Å². The SMILES string of the molecule is CC[C@@H](C)NCCOCCOc1ccc(OC)cc1. The molecule has 0 bridgehead atoms. The van der Waals surface area contributed by atoms with Crippen LogP contribution in [0.5, 0.6) is 11.5 Å². The molecule has 1 aromatic carbocycles. The highest BCUT2D eigenvalue weighted by Gasteiger charge is 1.97. The summed E-state index contributed by atoms with van der Waals surface area (Å²) in [6, 6.07) is 8.10. The minimum absolute atomic E-state index is 0.555. The van der Waals surface area contributed by atoms with Gasteiger partial charge in [0.25, 0.3) is 0 Å². The van der Waals surface area contributed by atoms with Crippen LogP contribution < -0.4 is 14.8 Å². The van der Waals surface area contributed by atoms with Gasteiger partial charge in [-0.3, -0.25) is 0 Å². The zero-order chi connectivity index (χ0) is 13.9. The fourth-order valence-electron chi connectivity index (χ4n) is 1.51. The normalized spacial score (nSPS) is 12.2. The van der Waals surface area contributed by atoms with Crippen molar-refractivity contribution in [3.63, 3.8) is 0 Å². The van der Waals surface area contributed by atoms with Crippen molar-refractivity contribution >= 4 is 0 Å². The third kappa shape index (κ3) is 7.03. The van der Waals surface area contributed by atoms with Gasteiger partial charge in [-0.2, -0.15) is 0 Å². The largest absolute Gasteiger partial charge is 0.497 e. The van der Waals surface area contributed by atoms with E-state index in [1.54, 1.807) is 7.11 Å². The molecule has 0 aliphatic carbocycles. The Morgan fingerprint density at radius 2 is 1.74 bits per heavy atom. The van der Waals surface area contributed by atoms with Crippen LogP contribution in [-0.4, -0.2) is 39.5 Å². The first-order chi connectivity index (χ1) is 9.26. The van der Waals surface area contributed by atoms with E-state index >= 15 is 0 Å². The summed E-state index contributed by atoms with van der Waals surface area (Å²) in [6.07, 6.45) is 1.14. The van der Waals surface area contributed by atoms with Crippen molar-refractivity contribution in [2.45, 2.75) is 26.3 Å². The lowest BCUT2D eigenvalue weighted by Crippen LogP contribution is -2.29. The van der Waals surface area contributed by atoms with E-state index in [1.807, 2.05) is 24.3 Å². The Balaban J connectivity index is 2.01. The van der Waals surface area contributed by atoms with Crippen LogP contribution in [0.2, 0.25) is 0 Å². The van der Waals surface area contributed by atoms with Gasteiger partial charge in [-0.1, -0.05) is 6.92 Å². The van der Waals surface area contributed by atoms with Crippen LogP contribution in [0.15, 0.2) is 24.3 Å². The number of methoxy groups -OCH3 is 1. The second kappa shape index (κ2) is 9.64. The van der Waals surface area contributed by atoms with Crippen LogP contribution in [-0.2, 0) is 4.74 Å². The highest BCUT2D eigenvalue weighted by atomic mass is 16.5. The molecule has 19 heavy (non-hydrogen) atoms. The first-order valence-corrected chi connectivity index (χ1v) is 6.84. The number of benzene rings is 1. The molecule has 108 valence electrons. The standard InChI is InChI=1S/C15H25NO3/c1-4-13(2)16-9-10-18-11-12-19-15-7-5-14(17-3)6-8-15/h5-8,13,16H,4,9-12H2,1-3H3/t13-/m1/s1. The van der Waals surface area contributed by atoms with Gasteiger partial charge in [-0.15, -0.1) is 0 Å². The lowest BCUT2D eigenvalue weighted by atomic mass is 10.3. The van der Waals surface area contributed by atoms with Gasteiger partial charge in [-0.05, 0) is 37.6 Å². The Morgan fingerprint density at radius 1 is 1.05 bits per heavy atom. The van der Waals surface area contributed by atoms with Gasteiger partial charge >= 0.3 is 0 Å². The molecule has 0 aromatic heterocycles. The van der Waals surface area contributed by atoms with Crippen LogP contribution >= 0.6 is 0 Å². The van der Waals surface area contributed by atoms with E-state index in [0.29, 0.717) is 19.3 Å². The van der Waals surface area contributed by atoms with Gasteiger partial charge in [-0.25, -0.2) is 0 Å². The van der Waals surface area contributed by atoms with Crippen LogP contribution in [0.4, 0.5) is 0 Å². The van der Waals surface area contributed by atoms with Gasteiger partial charge in [0.1, 0.15) is 18.1 Å². The number of rotatable bonds is 10. The number of nitrogens with one attached hydrogen (secondary N) is 1. The zero-order valence-corrected chi connectivity index (χ0v) is 12.1. The Labute approximate surface area is 116 Å². The molecule has 1 rings (SSSR count). The molecule has 0 heterocycles. The molecule has 1 aromatic rings. The molecular weight excluding hydrogens is 242 g/mol. The van der Waals surface area contributed by atoms with E-state index in [0.717, 1.165) is 31.1 Å². The summed E-state index contributed by atoms with van der Waals surface area (Å²) in [5, 5.41) is 3.37. The van der Waals surface area contributed by atoms with Gasteiger partial charge < -0.3 is 19.5 Å². The molecule has 4 heteroatoms. The highest BCUT2D eigenvalue weighted by molar-refractivity contribution is 5.31. The second-order valence-electron chi connectivity index (χ2n) is 4.40. The summed E-state index contributed by atoms with van der Waals surface area (Å²) in [5.41, 5.74) is 0. The summed E-state index contributed by atoms with van der Waals surface area (Å²) in [7, 11) is 1.65. The van der Waals surface area contributed by atoms with Crippen LogP contribution in [0.25, 0.3) is 0 Å². The predicted octanol–water partition coefficient (Wildman–Crippen LogP) is 2.48. The minimum atomic E-state index is 0.555. The Morgan fingerprint density at radius 3 is 2.37 bits per heavy atom. The second-order valence-corrected chi connectivity index (χ2v) is 4.40. The molecule has 1 N–H and O–H groups in total. The lowest BCUT2D eigenvalue weighted by molar-refractivity contribution is 0.100. The number of ether oxygens (including phenoxy) is 3. The van der Waals surface area contributed by atoms with E-state index in [9.17, 15) is 0 Å². The summed E-state index contributed by atoms with van der Waals surface area (Å²) in [6.45, 7) is 7.12. The summed E-state index contributed by atoms with van der Waals surface area (Å²) in [4.78, 5) is 0. The molecule has 0 spiro atoms. The smallest absolute Gasteiger partial charge is 0.119 e. The predicted molar refractivity (Wildman–Crippen MR) is 77.1 cm³/mol. The van der Waals surface area contributed by atoms with Crippen molar-refractivity contribution in [1.29, 1.82) is 0 Å². The molecule has 1 atom stereocenters. The maximum Gasteiger partial charge on any atom is 0.119 e. The van der Waals surface area contributed by atoms with Crippen LogP contribution in [0.3, 0.4) is 0 Å². The Hall–Kier alpha value is -1.26. The maximum absolute atomic E-state index is 5.55. The third-order valence-electron chi connectivity index (χ3n) is 2.91. The first-order valence-electron chi connectivity index (χ1n) is 6.84. The molecule has 0 amide bonds. The van der Waals surface area contributed by atoms with Crippen molar-refractivity contribution in [3.05, 3.63) is 24.3 Å². The van der Waals surface area contributed by atoms with E-state index in [2.05, 4.69) is 19.2 Å². The third-order valence-corrected chi connectivity index (χ3v) is 2.91. The van der Waals surface area contributed by atoms with E-state index in [1.165, 1.54) is 0 Å². The molecule has 0 fully saturated rings. The van der Waals surface area contributed by atoms with E-state index < -0.39 is 0 Å².